The third kappa shape index (κ3) is 4.64. The van der Waals surface area contributed by atoms with Gasteiger partial charge in [-0.25, -0.2) is 0 Å². The number of hydrogen-bond donors (Lipinski definition) is 1. The van der Waals surface area contributed by atoms with Crippen molar-refractivity contribution in [2.45, 2.75) is 39.2 Å². The molecule has 0 bridgehead atoms. The molecule has 0 spiro atoms. The van der Waals surface area contributed by atoms with Crippen molar-refractivity contribution in [1.82, 2.24) is 4.90 Å². The Morgan fingerprint density at radius 2 is 2.00 bits per heavy atom. The summed E-state index contributed by atoms with van der Waals surface area (Å²) in [6.45, 7) is 6.37. The van der Waals surface area contributed by atoms with E-state index < -0.39 is 0 Å². The van der Waals surface area contributed by atoms with E-state index in [2.05, 4.69) is 0 Å². The van der Waals surface area contributed by atoms with Gasteiger partial charge in [-0.3, -0.25) is 4.79 Å². The molecule has 0 radical (unpaired) electrons. The van der Waals surface area contributed by atoms with Gasteiger partial charge < -0.3 is 15.4 Å². The van der Waals surface area contributed by atoms with E-state index in [0.29, 0.717) is 5.92 Å². The van der Waals surface area contributed by atoms with E-state index in [4.69, 9.17) is 10.5 Å². The largest absolute Gasteiger partial charge is 0.381 e. The van der Waals surface area contributed by atoms with Gasteiger partial charge in [0.05, 0.1) is 5.92 Å². The molecule has 1 heterocycles. The van der Waals surface area contributed by atoms with Gasteiger partial charge in [-0.1, -0.05) is 6.92 Å². The predicted molar refractivity (Wildman–Crippen MR) is 68.6 cm³/mol. The summed E-state index contributed by atoms with van der Waals surface area (Å²) in [4.78, 5) is 13.8. The van der Waals surface area contributed by atoms with Gasteiger partial charge in [0.1, 0.15) is 0 Å². The first-order valence-electron chi connectivity index (χ1n) is 6.60. The summed E-state index contributed by atoms with van der Waals surface area (Å²) in [6, 6.07) is -0.0759. The first-order chi connectivity index (χ1) is 8.02. The maximum atomic E-state index is 12.0. The SMILES string of the molecule is CC(N)C(C)C(=O)N(C)CCC1CCOCC1. The lowest BCUT2D eigenvalue weighted by Crippen LogP contribution is -2.40. The van der Waals surface area contributed by atoms with Crippen LogP contribution in [-0.2, 0) is 9.53 Å². The molecule has 0 aromatic carbocycles. The molecule has 4 heteroatoms. The molecule has 1 rings (SSSR count). The average molecular weight is 242 g/mol. The lowest BCUT2D eigenvalue weighted by atomic mass is 9.96. The van der Waals surface area contributed by atoms with Crippen molar-refractivity contribution >= 4 is 5.91 Å². The van der Waals surface area contributed by atoms with Crippen molar-refractivity contribution in [3.05, 3.63) is 0 Å². The molecule has 2 N–H and O–H groups in total. The molecule has 100 valence electrons. The van der Waals surface area contributed by atoms with Crippen LogP contribution >= 0.6 is 0 Å². The van der Waals surface area contributed by atoms with Crippen LogP contribution in [0.1, 0.15) is 33.1 Å². The Bertz CT molecular complexity index is 238. The number of rotatable bonds is 5. The number of carbonyl (C=O) groups is 1. The Labute approximate surface area is 104 Å². The molecular weight excluding hydrogens is 216 g/mol. The van der Waals surface area contributed by atoms with Gasteiger partial charge in [-0.15, -0.1) is 0 Å². The van der Waals surface area contributed by atoms with Crippen molar-refractivity contribution in [1.29, 1.82) is 0 Å². The van der Waals surface area contributed by atoms with Crippen molar-refractivity contribution in [2.75, 3.05) is 26.8 Å². The van der Waals surface area contributed by atoms with E-state index in [1.165, 1.54) is 0 Å². The van der Waals surface area contributed by atoms with Gasteiger partial charge in [-0.05, 0) is 32.1 Å². The zero-order chi connectivity index (χ0) is 12.8. The predicted octanol–water partition coefficient (Wildman–Crippen LogP) is 1.24. The lowest BCUT2D eigenvalue weighted by Gasteiger charge is -2.27. The number of carbonyl (C=O) groups excluding carboxylic acids is 1. The molecule has 1 aliphatic rings. The van der Waals surface area contributed by atoms with Crippen molar-refractivity contribution in [2.24, 2.45) is 17.6 Å². The van der Waals surface area contributed by atoms with Gasteiger partial charge in [0.25, 0.3) is 0 Å². The molecule has 17 heavy (non-hydrogen) atoms. The average Bonchev–Trinajstić information content (AvgIpc) is 2.35. The van der Waals surface area contributed by atoms with Crippen molar-refractivity contribution in [3.63, 3.8) is 0 Å². The van der Waals surface area contributed by atoms with Gasteiger partial charge in [0.2, 0.25) is 5.91 Å². The topological polar surface area (TPSA) is 55.6 Å². The first kappa shape index (κ1) is 14.5. The summed E-state index contributed by atoms with van der Waals surface area (Å²) >= 11 is 0. The zero-order valence-electron chi connectivity index (χ0n) is 11.3. The molecule has 4 nitrogen and oxygen atoms in total. The molecule has 0 aromatic heterocycles. The Morgan fingerprint density at radius 3 is 2.53 bits per heavy atom. The minimum atomic E-state index is -0.0883. The van der Waals surface area contributed by atoms with Gasteiger partial charge in [0, 0.05) is 32.8 Å². The summed E-state index contributed by atoms with van der Waals surface area (Å²) in [5, 5.41) is 0. The fraction of sp³-hybridized carbons (Fsp3) is 0.923. The second kappa shape index (κ2) is 6.97. The van der Waals surface area contributed by atoms with E-state index in [1.54, 1.807) is 0 Å². The van der Waals surface area contributed by atoms with E-state index >= 15 is 0 Å². The van der Waals surface area contributed by atoms with Gasteiger partial charge >= 0.3 is 0 Å². The second-order valence-electron chi connectivity index (χ2n) is 5.25. The van der Waals surface area contributed by atoms with E-state index in [1.807, 2.05) is 25.8 Å². The highest BCUT2D eigenvalue weighted by molar-refractivity contribution is 5.78. The Morgan fingerprint density at radius 1 is 1.41 bits per heavy atom. The Kier molecular flexibility index (Phi) is 5.92. The van der Waals surface area contributed by atoms with Crippen LogP contribution in [0, 0.1) is 11.8 Å². The smallest absolute Gasteiger partial charge is 0.226 e. The van der Waals surface area contributed by atoms with Crippen LogP contribution in [0.25, 0.3) is 0 Å². The normalized spacial score (nSPS) is 20.9. The summed E-state index contributed by atoms with van der Waals surface area (Å²) in [5.41, 5.74) is 5.75. The van der Waals surface area contributed by atoms with E-state index in [9.17, 15) is 4.79 Å². The van der Waals surface area contributed by atoms with E-state index in [0.717, 1.165) is 39.0 Å². The molecule has 2 unspecified atom stereocenters. The maximum Gasteiger partial charge on any atom is 0.226 e. The van der Waals surface area contributed by atoms with Crippen LogP contribution in [0.5, 0.6) is 0 Å². The quantitative estimate of drug-likeness (QED) is 0.789. The fourth-order valence-corrected chi connectivity index (χ4v) is 2.09. The van der Waals surface area contributed by atoms with Crippen molar-refractivity contribution < 1.29 is 9.53 Å². The molecule has 0 aromatic rings. The standard InChI is InChI=1S/C13H26N2O2/c1-10(11(2)14)13(16)15(3)7-4-12-5-8-17-9-6-12/h10-12H,4-9,14H2,1-3H3. The molecular formula is C13H26N2O2. The molecule has 0 aliphatic carbocycles. The monoisotopic (exact) mass is 242 g/mol. The van der Waals surface area contributed by atoms with Crippen LogP contribution in [0.3, 0.4) is 0 Å². The van der Waals surface area contributed by atoms with Gasteiger partial charge in [0.15, 0.2) is 0 Å². The van der Waals surface area contributed by atoms with Crippen LogP contribution < -0.4 is 5.73 Å². The molecule has 2 atom stereocenters. The third-order valence-corrected chi connectivity index (χ3v) is 3.77. The lowest BCUT2D eigenvalue weighted by molar-refractivity contribution is -0.134. The van der Waals surface area contributed by atoms with E-state index in [-0.39, 0.29) is 17.9 Å². The summed E-state index contributed by atoms with van der Waals surface area (Å²) in [5.74, 6) is 0.784. The Balaban J connectivity index is 2.28. The number of ether oxygens (including phenoxy) is 1. The summed E-state index contributed by atoms with van der Waals surface area (Å²) < 4.78 is 5.33. The minimum absolute atomic E-state index is 0.0759. The molecule has 1 saturated heterocycles. The molecule has 1 amide bonds. The minimum Gasteiger partial charge on any atom is -0.381 e. The van der Waals surface area contributed by atoms with Crippen LogP contribution in [0.2, 0.25) is 0 Å². The molecule has 1 fully saturated rings. The Hall–Kier alpha value is -0.610. The zero-order valence-corrected chi connectivity index (χ0v) is 11.3. The van der Waals surface area contributed by atoms with Crippen LogP contribution in [-0.4, -0.2) is 43.7 Å². The third-order valence-electron chi connectivity index (χ3n) is 3.77. The summed E-state index contributed by atoms with van der Waals surface area (Å²) in [6.07, 6.45) is 3.34. The number of nitrogens with zero attached hydrogens (tertiary/aromatic N) is 1. The van der Waals surface area contributed by atoms with Gasteiger partial charge in [-0.2, -0.15) is 0 Å². The fourth-order valence-electron chi connectivity index (χ4n) is 2.09. The number of amides is 1. The molecule has 0 saturated carbocycles. The van der Waals surface area contributed by atoms with Crippen LogP contribution in [0.4, 0.5) is 0 Å². The number of hydrogen-bond acceptors (Lipinski definition) is 3. The second-order valence-corrected chi connectivity index (χ2v) is 5.25. The molecule has 1 aliphatic heterocycles. The van der Waals surface area contributed by atoms with Crippen LogP contribution in [0.15, 0.2) is 0 Å². The highest BCUT2D eigenvalue weighted by Crippen LogP contribution is 2.19. The highest BCUT2D eigenvalue weighted by atomic mass is 16.5. The number of nitrogens with two attached hydrogens (primary N) is 1. The summed E-state index contributed by atoms with van der Waals surface area (Å²) in [7, 11) is 1.88. The maximum absolute atomic E-state index is 12.0. The first-order valence-corrected chi connectivity index (χ1v) is 6.60. The van der Waals surface area contributed by atoms with Crippen molar-refractivity contribution in [3.8, 4) is 0 Å². The highest BCUT2D eigenvalue weighted by Gasteiger charge is 2.22.